The standard InChI is InChI=1S/C24H29ClN4O6S/c1-17-12-21(6-7-22(17)25)36(33,34)16-26-9-11-35-15-20(30)14-27-13-18-2-4-19(5-3-18)23-28-8-10-29(23)24(31)32/h2-7,12,26-27H,8-11,13-16H2,1H3,(H,31,32). The fourth-order valence-electron chi connectivity index (χ4n) is 3.48. The summed E-state index contributed by atoms with van der Waals surface area (Å²) in [5.74, 6) is 0.0720. The van der Waals surface area contributed by atoms with E-state index in [0.29, 0.717) is 36.1 Å². The van der Waals surface area contributed by atoms with E-state index < -0.39 is 15.9 Å². The quantitative estimate of drug-likeness (QED) is 0.331. The Bertz CT molecular complexity index is 1220. The van der Waals surface area contributed by atoms with Crippen LogP contribution >= 0.6 is 11.6 Å². The minimum atomic E-state index is -3.49. The molecule has 0 saturated carbocycles. The van der Waals surface area contributed by atoms with E-state index in [1.165, 1.54) is 17.0 Å². The zero-order valence-electron chi connectivity index (χ0n) is 19.9. The number of hydrogen-bond donors (Lipinski definition) is 3. The lowest BCUT2D eigenvalue weighted by atomic mass is 10.1. The van der Waals surface area contributed by atoms with Crippen LogP contribution in [0.3, 0.4) is 0 Å². The van der Waals surface area contributed by atoms with Crippen molar-refractivity contribution in [2.75, 3.05) is 45.3 Å². The van der Waals surface area contributed by atoms with E-state index in [0.717, 1.165) is 11.1 Å². The first-order valence-electron chi connectivity index (χ1n) is 11.3. The van der Waals surface area contributed by atoms with Crippen LogP contribution in [0.5, 0.6) is 0 Å². The van der Waals surface area contributed by atoms with Crippen molar-refractivity contribution in [3.63, 3.8) is 0 Å². The number of benzene rings is 2. The summed E-state index contributed by atoms with van der Waals surface area (Å²) in [5.41, 5.74) is 2.36. The predicted molar refractivity (Wildman–Crippen MR) is 136 cm³/mol. The monoisotopic (exact) mass is 536 g/mol. The van der Waals surface area contributed by atoms with E-state index in [1.54, 1.807) is 13.0 Å². The Morgan fingerprint density at radius 1 is 1.17 bits per heavy atom. The van der Waals surface area contributed by atoms with Gasteiger partial charge in [0.15, 0.2) is 15.6 Å². The zero-order valence-corrected chi connectivity index (χ0v) is 21.4. The van der Waals surface area contributed by atoms with Gasteiger partial charge in [-0.2, -0.15) is 0 Å². The van der Waals surface area contributed by atoms with Gasteiger partial charge in [0, 0.05) is 23.7 Å². The number of aliphatic imine (C=N–C) groups is 1. The number of carbonyl (C=O) groups excluding carboxylic acids is 1. The van der Waals surface area contributed by atoms with E-state index in [2.05, 4.69) is 15.6 Å². The number of nitrogens with one attached hydrogen (secondary N) is 2. The zero-order chi connectivity index (χ0) is 26.1. The molecule has 3 N–H and O–H groups in total. The summed E-state index contributed by atoms with van der Waals surface area (Å²) in [7, 11) is -3.49. The number of hydrogen-bond acceptors (Lipinski definition) is 8. The third-order valence-corrected chi connectivity index (χ3v) is 7.38. The lowest BCUT2D eigenvalue weighted by Gasteiger charge is -2.14. The van der Waals surface area contributed by atoms with Crippen LogP contribution in [0.1, 0.15) is 16.7 Å². The van der Waals surface area contributed by atoms with Gasteiger partial charge in [-0.05, 0) is 36.2 Å². The highest BCUT2D eigenvalue weighted by Gasteiger charge is 2.24. The summed E-state index contributed by atoms with van der Waals surface area (Å²) in [6.45, 7) is 3.53. The summed E-state index contributed by atoms with van der Waals surface area (Å²) in [6.07, 6.45) is -1.02. The van der Waals surface area contributed by atoms with Gasteiger partial charge >= 0.3 is 6.09 Å². The van der Waals surface area contributed by atoms with Crippen LogP contribution < -0.4 is 10.6 Å². The van der Waals surface area contributed by atoms with Gasteiger partial charge < -0.3 is 20.5 Å². The van der Waals surface area contributed by atoms with Gasteiger partial charge in [-0.1, -0.05) is 35.9 Å². The van der Waals surface area contributed by atoms with Crippen molar-refractivity contribution in [2.45, 2.75) is 18.4 Å². The molecule has 0 spiro atoms. The fraction of sp³-hybridized carbons (Fsp3) is 0.375. The van der Waals surface area contributed by atoms with Crippen molar-refractivity contribution in [1.29, 1.82) is 0 Å². The number of rotatable bonds is 13. The number of carbonyl (C=O) groups is 2. The Kier molecular flexibility index (Phi) is 9.97. The third kappa shape index (κ3) is 7.84. The average molecular weight is 537 g/mol. The van der Waals surface area contributed by atoms with Gasteiger partial charge in [-0.3, -0.25) is 14.7 Å². The van der Waals surface area contributed by atoms with Crippen LogP contribution in [0, 0.1) is 6.92 Å². The maximum Gasteiger partial charge on any atom is 0.413 e. The molecule has 3 rings (SSSR count). The molecule has 0 atom stereocenters. The number of carboxylic acid groups (broad SMARTS) is 1. The van der Waals surface area contributed by atoms with Crippen molar-refractivity contribution >= 4 is 39.2 Å². The van der Waals surface area contributed by atoms with Crippen molar-refractivity contribution in [1.82, 2.24) is 15.5 Å². The molecule has 194 valence electrons. The molecule has 2 aromatic rings. The molecule has 0 bridgehead atoms. The second-order valence-corrected chi connectivity index (χ2v) is 10.6. The molecule has 1 heterocycles. The number of amides is 1. The molecule has 0 aliphatic carbocycles. The highest BCUT2D eigenvalue weighted by molar-refractivity contribution is 7.91. The fourth-order valence-corrected chi connectivity index (χ4v) is 4.81. The summed E-state index contributed by atoms with van der Waals surface area (Å²) < 4.78 is 30.0. The molecule has 12 heteroatoms. The number of aryl methyl sites for hydroxylation is 1. The first kappa shape index (κ1) is 27.8. The normalized spacial score (nSPS) is 13.6. The van der Waals surface area contributed by atoms with E-state index in [4.69, 9.17) is 16.3 Å². The first-order valence-corrected chi connectivity index (χ1v) is 13.3. The summed E-state index contributed by atoms with van der Waals surface area (Å²) >= 11 is 5.94. The van der Waals surface area contributed by atoms with Crippen LogP contribution in [0.4, 0.5) is 4.79 Å². The Morgan fingerprint density at radius 3 is 2.61 bits per heavy atom. The lowest BCUT2D eigenvalue weighted by Crippen LogP contribution is -2.33. The van der Waals surface area contributed by atoms with E-state index >= 15 is 0 Å². The van der Waals surface area contributed by atoms with Crippen LogP contribution in [-0.4, -0.2) is 81.4 Å². The van der Waals surface area contributed by atoms with Gasteiger partial charge in [0.1, 0.15) is 18.3 Å². The number of sulfone groups is 1. The number of ketones is 1. The molecule has 0 radical (unpaired) electrons. The van der Waals surface area contributed by atoms with E-state index in [1.807, 2.05) is 24.3 Å². The lowest BCUT2D eigenvalue weighted by molar-refractivity contribution is -0.122. The average Bonchev–Trinajstić information content (AvgIpc) is 3.34. The number of halogens is 1. The number of Topliss-reactive ketones (excluding diaryl/α,β-unsaturated/α-hetero) is 1. The highest BCUT2D eigenvalue weighted by Crippen LogP contribution is 2.20. The van der Waals surface area contributed by atoms with Crippen LogP contribution in [0.25, 0.3) is 0 Å². The molecule has 1 aliphatic heterocycles. The van der Waals surface area contributed by atoms with Crippen molar-refractivity contribution < 1.29 is 27.9 Å². The maximum absolute atomic E-state index is 12.4. The first-order chi connectivity index (χ1) is 17.2. The second kappa shape index (κ2) is 12.9. The SMILES string of the molecule is Cc1cc(S(=O)(=O)CNCCOCC(=O)CNCc2ccc(C3=NCCN3C(=O)O)cc2)ccc1Cl. The molecular weight excluding hydrogens is 508 g/mol. The topological polar surface area (TPSA) is 137 Å². The third-order valence-electron chi connectivity index (χ3n) is 5.40. The Morgan fingerprint density at radius 2 is 1.92 bits per heavy atom. The minimum Gasteiger partial charge on any atom is -0.465 e. The molecule has 2 aromatic carbocycles. The molecule has 1 amide bonds. The second-order valence-electron chi connectivity index (χ2n) is 8.20. The van der Waals surface area contributed by atoms with Gasteiger partial charge in [0.2, 0.25) is 0 Å². The number of nitrogens with zero attached hydrogens (tertiary/aromatic N) is 2. The molecule has 36 heavy (non-hydrogen) atoms. The van der Waals surface area contributed by atoms with Gasteiger partial charge in [0.05, 0.1) is 31.1 Å². The van der Waals surface area contributed by atoms with Crippen LogP contribution in [0.2, 0.25) is 5.02 Å². The summed E-state index contributed by atoms with van der Waals surface area (Å²) in [6, 6.07) is 11.9. The maximum atomic E-state index is 12.4. The molecule has 0 aromatic heterocycles. The van der Waals surface area contributed by atoms with E-state index in [-0.39, 0.29) is 42.9 Å². The molecule has 0 unspecified atom stereocenters. The van der Waals surface area contributed by atoms with Crippen molar-refractivity contribution in [3.05, 3.63) is 64.2 Å². The summed E-state index contributed by atoms with van der Waals surface area (Å²) in [5, 5.41) is 15.6. The predicted octanol–water partition coefficient (Wildman–Crippen LogP) is 2.08. The Labute approximate surface area is 215 Å². The highest BCUT2D eigenvalue weighted by atomic mass is 35.5. The summed E-state index contributed by atoms with van der Waals surface area (Å²) in [4.78, 5) is 28.9. The molecule has 10 nitrogen and oxygen atoms in total. The van der Waals surface area contributed by atoms with Crippen molar-refractivity contribution in [2.24, 2.45) is 4.99 Å². The minimum absolute atomic E-state index is 0.0818. The van der Waals surface area contributed by atoms with Crippen LogP contribution in [0.15, 0.2) is 52.4 Å². The molecule has 0 fully saturated rings. The Hall–Kier alpha value is -2.83. The van der Waals surface area contributed by atoms with E-state index in [9.17, 15) is 23.1 Å². The molecule has 1 aliphatic rings. The molecule has 0 saturated heterocycles. The smallest absolute Gasteiger partial charge is 0.413 e. The van der Waals surface area contributed by atoms with Crippen molar-refractivity contribution in [3.8, 4) is 0 Å². The number of amidine groups is 1. The number of ether oxygens (including phenoxy) is 1. The largest absolute Gasteiger partial charge is 0.465 e. The van der Waals surface area contributed by atoms with Crippen LogP contribution in [-0.2, 0) is 25.9 Å². The van der Waals surface area contributed by atoms with Gasteiger partial charge in [-0.15, -0.1) is 0 Å². The van der Waals surface area contributed by atoms with Gasteiger partial charge in [0.25, 0.3) is 0 Å². The molecular formula is C24H29ClN4O6S. The van der Waals surface area contributed by atoms with Gasteiger partial charge in [-0.25, -0.2) is 13.2 Å². The Balaban J connectivity index is 1.29.